The van der Waals surface area contributed by atoms with E-state index >= 15 is 0 Å². The number of rotatable bonds is 2. The summed E-state index contributed by atoms with van der Waals surface area (Å²) in [4.78, 5) is 4.87. The summed E-state index contributed by atoms with van der Waals surface area (Å²) in [6.45, 7) is 2.01. The number of nitrogens with zero attached hydrogens (tertiary/aromatic N) is 2. The van der Waals surface area contributed by atoms with Crippen LogP contribution in [0.5, 0.6) is 0 Å². The molecule has 2 N–H and O–H groups in total. The maximum Gasteiger partial charge on any atom is 0.313 e. The molecule has 1 aromatic carbocycles. The molecule has 11 heteroatoms. The molecule has 1 aromatic heterocycles. The Hall–Kier alpha value is -0.426. The summed E-state index contributed by atoms with van der Waals surface area (Å²) in [7, 11) is -8.01. The van der Waals surface area contributed by atoms with Crippen LogP contribution < -0.4 is 4.90 Å². The number of hydrogen-bond donors (Lipinski definition) is 2. The largest absolute Gasteiger partial charge is 0.370 e. The molecule has 0 fully saturated rings. The zero-order valence-electron chi connectivity index (χ0n) is 13.1. The zero-order valence-corrected chi connectivity index (χ0v) is 17.2. The monoisotopic (exact) mass is 523 g/mol. The van der Waals surface area contributed by atoms with E-state index in [1.807, 2.05) is 18.0 Å². The van der Waals surface area contributed by atoms with Crippen LogP contribution in [0.1, 0.15) is 11.1 Å². The molecule has 25 heavy (non-hydrogen) atoms. The number of hydrogen-bond acceptors (Lipinski definition) is 6. The van der Waals surface area contributed by atoms with E-state index in [0.717, 1.165) is 5.69 Å². The molecule has 1 aliphatic rings. The summed E-state index contributed by atoms with van der Waals surface area (Å²) >= 11 is 0. The van der Waals surface area contributed by atoms with Gasteiger partial charge in [-0.2, -0.15) is 16.8 Å². The van der Waals surface area contributed by atoms with Crippen molar-refractivity contribution in [2.24, 2.45) is 0 Å². The van der Waals surface area contributed by atoms with Gasteiger partial charge in [0.25, 0.3) is 10.1 Å². The van der Waals surface area contributed by atoms with Crippen molar-refractivity contribution >= 4 is 42.9 Å². The quantitative estimate of drug-likeness (QED) is 0.569. The van der Waals surface area contributed by atoms with E-state index in [1.165, 1.54) is 6.92 Å². The van der Waals surface area contributed by atoms with Crippen molar-refractivity contribution in [3.05, 3.63) is 29.3 Å². The first-order chi connectivity index (χ1) is 11.0. The minimum Gasteiger partial charge on any atom is -0.370 e. The van der Waals surface area contributed by atoms with Crippen molar-refractivity contribution in [3.8, 4) is 0 Å². The number of fused-ring (bicyclic) bond motifs is 3. The number of likely N-dealkylation sites (N-methyl/N-ethyl adjacent to an activating group) is 1. The number of aryl methyl sites for hydroxylation is 1. The second kappa shape index (κ2) is 6.95. The molecule has 0 saturated heterocycles. The third-order valence-electron chi connectivity index (χ3n) is 3.92. The predicted octanol–water partition coefficient (Wildman–Crippen LogP) is 1.50. The Balaban J connectivity index is 0.00000225. The number of pyridine rings is 1. The van der Waals surface area contributed by atoms with Gasteiger partial charge in [-0.1, -0.05) is 18.2 Å². The first-order valence-electron chi connectivity index (χ1n) is 6.82. The van der Waals surface area contributed by atoms with Crippen LogP contribution in [0.2, 0.25) is 0 Å². The number of anilines is 1. The third-order valence-corrected chi connectivity index (χ3v) is 5.85. The van der Waals surface area contributed by atoms with Crippen molar-refractivity contribution in [2.45, 2.75) is 16.8 Å². The first kappa shape index (κ1) is 20.9. The van der Waals surface area contributed by atoms with Gasteiger partial charge in [0.15, 0.2) is 0 Å². The van der Waals surface area contributed by atoms with Crippen molar-refractivity contribution in [3.63, 3.8) is 0 Å². The van der Waals surface area contributed by atoms with Crippen LogP contribution in [0.3, 0.4) is 0 Å². The molecule has 0 amide bonds. The van der Waals surface area contributed by atoms with Crippen LogP contribution in [0.15, 0.2) is 28.1 Å². The van der Waals surface area contributed by atoms with Gasteiger partial charge in [-0.15, -0.1) is 0 Å². The SMILES string of the molecule is Cc1c(S(=O)(=O)O)c(S(=O)(=O)O)nc2c3c(ccc12)N(C)CC=C3.[Eu]. The van der Waals surface area contributed by atoms with Gasteiger partial charge in [0, 0.05) is 79.6 Å². The Morgan fingerprint density at radius 3 is 2.32 bits per heavy atom. The molecule has 8 nitrogen and oxygen atoms in total. The standard InChI is InChI=1S/C14H14N2O6S2.Eu/c1-8-9-5-6-11-10(4-3-7-16(11)2)12(9)15-14(24(20,21)22)13(8)23(17,18)19;/h3-6H,7H2,1-2H3,(H,17,18,19)(H,20,21,22);. The van der Waals surface area contributed by atoms with E-state index in [0.29, 0.717) is 17.5 Å². The Labute approximate surface area is 186 Å². The van der Waals surface area contributed by atoms with Crippen molar-refractivity contribution in [1.29, 1.82) is 0 Å². The predicted molar refractivity (Wildman–Crippen MR) is 88.4 cm³/mol. The maximum atomic E-state index is 11.6. The third kappa shape index (κ3) is 3.68. The van der Waals surface area contributed by atoms with Crippen LogP contribution in [0.4, 0.5) is 5.69 Å². The van der Waals surface area contributed by atoms with E-state index in [-0.39, 0.29) is 60.5 Å². The molecule has 0 aliphatic carbocycles. The fraction of sp³-hybridized carbons (Fsp3) is 0.214. The van der Waals surface area contributed by atoms with Gasteiger partial charge in [0.1, 0.15) is 4.90 Å². The maximum absolute atomic E-state index is 11.6. The van der Waals surface area contributed by atoms with E-state index in [2.05, 4.69) is 4.98 Å². The molecular formula is C14H14EuN2O6S2. The van der Waals surface area contributed by atoms with E-state index in [9.17, 15) is 25.9 Å². The first-order valence-corrected chi connectivity index (χ1v) is 9.70. The Morgan fingerprint density at radius 1 is 1.12 bits per heavy atom. The van der Waals surface area contributed by atoms with Crippen LogP contribution >= 0.6 is 0 Å². The molecule has 0 saturated carbocycles. The van der Waals surface area contributed by atoms with Crippen LogP contribution in [-0.2, 0) is 20.2 Å². The van der Waals surface area contributed by atoms with Crippen molar-refractivity contribution in [1.82, 2.24) is 4.98 Å². The summed E-state index contributed by atoms with van der Waals surface area (Å²) in [6, 6.07) is 3.37. The Morgan fingerprint density at radius 2 is 1.76 bits per heavy atom. The minimum absolute atomic E-state index is 0. The topological polar surface area (TPSA) is 125 Å². The average molecular weight is 522 g/mol. The van der Waals surface area contributed by atoms with Gasteiger partial charge < -0.3 is 4.90 Å². The normalized spacial score (nSPS) is 14.3. The zero-order chi connectivity index (χ0) is 17.9. The molecule has 0 bridgehead atoms. The molecule has 2 heterocycles. The van der Waals surface area contributed by atoms with Gasteiger partial charge in [0.05, 0.1) is 5.52 Å². The van der Waals surface area contributed by atoms with Crippen molar-refractivity contribution < 1.29 is 75.3 Å². The molecular weight excluding hydrogens is 508 g/mol. The summed E-state index contributed by atoms with van der Waals surface area (Å²) < 4.78 is 65.2. The van der Waals surface area contributed by atoms with Crippen LogP contribution in [-0.4, -0.2) is 44.5 Å². The number of aromatic nitrogens is 1. The number of benzene rings is 1. The fourth-order valence-electron chi connectivity index (χ4n) is 2.86. The molecule has 0 spiro atoms. The smallest absolute Gasteiger partial charge is 0.313 e. The Bertz CT molecular complexity index is 1110. The summed E-state index contributed by atoms with van der Waals surface area (Å²) in [6.07, 6.45) is 3.60. The second-order valence-electron chi connectivity index (χ2n) is 5.50. The Kier molecular flexibility index (Phi) is 5.81. The summed E-state index contributed by atoms with van der Waals surface area (Å²) in [5.74, 6) is 0. The van der Waals surface area contributed by atoms with Gasteiger partial charge >= 0.3 is 10.1 Å². The summed E-state index contributed by atoms with van der Waals surface area (Å²) in [5, 5.41) is -0.709. The van der Waals surface area contributed by atoms with Gasteiger partial charge in [-0.05, 0) is 18.6 Å². The average Bonchev–Trinajstić information content (AvgIpc) is 2.45. The van der Waals surface area contributed by atoms with Crippen LogP contribution in [0.25, 0.3) is 17.0 Å². The van der Waals surface area contributed by atoms with E-state index < -0.39 is 30.2 Å². The molecule has 2 aromatic rings. The van der Waals surface area contributed by atoms with Crippen LogP contribution in [0, 0.1) is 56.3 Å². The molecule has 0 unspecified atom stereocenters. The molecule has 3 rings (SSSR count). The summed E-state index contributed by atoms with van der Waals surface area (Å²) in [5.41, 5.74) is 1.63. The minimum atomic E-state index is -4.96. The molecule has 135 valence electrons. The van der Waals surface area contributed by atoms with Gasteiger partial charge in [-0.3, -0.25) is 9.11 Å². The molecule has 1 aliphatic heterocycles. The van der Waals surface area contributed by atoms with E-state index in [4.69, 9.17) is 0 Å². The molecule has 0 atom stereocenters. The molecule has 1 radical (unpaired) electrons. The van der Waals surface area contributed by atoms with E-state index in [1.54, 1.807) is 18.2 Å². The fourth-order valence-corrected chi connectivity index (χ4v) is 4.85. The van der Waals surface area contributed by atoms with Crippen molar-refractivity contribution in [2.75, 3.05) is 18.5 Å². The van der Waals surface area contributed by atoms with Gasteiger partial charge in [-0.25, -0.2) is 4.98 Å². The van der Waals surface area contributed by atoms with Gasteiger partial charge in [0.2, 0.25) is 5.03 Å². The second-order valence-corrected chi connectivity index (χ2v) is 8.19.